The number of aromatic nitrogens is 1. The van der Waals surface area contributed by atoms with E-state index in [-0.39, 0.29) is 22.8 Å². The number of carbonyl (C=O) groups is 4. The van der Waals surface area contributed by atoms with Gasteiger partial charge >= 0.3 is 6.03 Å². The molecular weight excluding hydrogens is 386 g/mol. The molecule has 1 fully saturated rings. The second-order valence-corrected chi connectivity index (χ2v) is 6.50. The van der Waals surface area contributed by atoms with Crippen molar-refractivity contribution in [2.24, 2.45) is 0 Å². The molecule has 4 rings (SSSR count). The van der Waals surface area contributed by atoms with Crippen LogP contribution in [0.2, 0.25) is 0 Å². The monoisotopic (exact) mass is 401 g/mol. The fourth-order valence-corrected chi connectivity index (χ4v) is 2.97. The number of carbonyl (C=O) groups excluding carboxylic acids is 4. The largest absolute Gasteiger partial charge is 0.457 e. The summed E-state index contributed by atoms with van der Waals surface area (Å²) in [7, 11) is 0. The molecule has 1 N–H and O–H groups in total. The summed E-state index contributed by atoms with van der Waals surface area (Å²) >= 11 is 0. The van der Waals surface area contributed by atoms with Gasteiger partial charge in [0.2, 0.25) is 0 Å². The number of pyridine rings is 1. The second-order valence-electron chi connectivity index (χ2n) is 6.50. The van der Waals surface area contributed by atoms with Crippen molar-refractivity contribution >= 4 is 35.4 Å². The molecule has 0 unspecified atom stereocenters. The molecule has 1 aliphatic rings. The third-order valence-corrected chi connectivity index (χ3v) is 4.50. The molecular formula is C22H15N3O5. The van der Waals surface area contributed by atoms with Gasteiger partial charge in [0.25, 0.3) is 11.8 Å². The number of benzene rings is 1. The van der Waals surface area contributed by atoms with Crippen LogP contribution in [0.1, 0.15) is 23.0 Å². The number of urea groups is 1. The number of nitrogens with zero attached hydrogens (tertiary/aromatic N) is 2. The molecule has 4 amide bonds. The zero-order chi connectivity index (χ0) is 21.3. The van der Waals surface area contributed by atoms with Crippen molar-refractivity contribution in [3.05, 3.63) is 77.8 Å². The van der Waals surface area contributed by atoms with Crippen LogP contribution in [-0.2, 0) is 9.59 Å². The van der Waals surface area contributed by atoms with Gasteiger partial charge in [-0.2, -0.15) is 0 Å². The Morgan fingerprint density at radius 3 is 2.50 bits per heavy atom. The highest BCUT2D eigenvalue weighted by atomic mass is 16.3. The lowest BCUT2D eigenvalue weighted by molar-refractivity contribution is -0.122. The zero-order valence-electron chi connectivity index (χ0n) is 15.8. The number of hydrogen-bond donors (Lipinski definition) is 1. The maximum absolute atomic E-state index is 12.8. The van der Waals surface area contributed by atoms with E-state index in [1.807, 2.05) is 0 Å². The Morgan fingerprint density at radius 1 is 1.07 bits per heavy atom. The Labute approximate surface area is 170 Å². The van der Waals surface area contributed by atoms with Crippen LogP contribution in [0, 0.1) is 0 Å². The third-order valence-electron chi connectivity index (χ3n) is 4.50. The number of ketones is 1. The maximum atomic E-state index is 12.8. The van der Waals surface area contributed by atoms with Crippen LogP contribution in [0.5, 0.6) is 0 Å². The average molecular weight is 401 g/mol. The van der Waals surface area contributed by atoms with E-state index in [0.717, 1.165) is 10.5 Å². The summed E-state index contributed by atoms with van der Waals surface area (Å²) in [4.78, 5) is 53.3. The smallest absolute Gasteiger partial charge is 0.336 e. The molecule has 3 heterocycles. The van der Waals surface area contributed by atoms with Crippen molar-refractivity contribution in [3.8, 4) is 11.3 Å². The first-order chi connectivity index (χ1) is 14.4. The van der Waals surface area contributed by atoms with Gasteiger partial charge in [0.15, 0.2) is 5.78 Å². The van der Waals surface area contributed by atoms with Crippen molar-refractivity contribution in [2.75, 3.05) is 4.90 Å². The van der Waals surface area contributed by atoms with E-state index in [0.29, 0.717) is 11.3 Å². The van der Waals surface area contributed by atoms with Gasteiger partial charge in [0.05, 0.1) is 11.9 Å². The number of hydrogen-bond acceptors (Lipinski definition) is 6. The third kappa shape index (κ3) is 3.53. The van der Waals surface area contributed by atoms with Crippen LogP contribution >= 0.6 is 0 Å². The Balaban J connectivity index is 1.64. The van der Waals surface area contributed by atoms with Crippen molar-refractivity contribution in [1.82, 2.24) is 10.3 Å². The predicted octanol–water partition coefficient (Wildman–Crippen LogP) is 3.21. The number of furan rings is 1. The molecule has 0 atom stereocenters. The van der Waals surface area contributed by atoms with E-state index < -0.39 is 17.8 Å². The molecule has 1 aliphatic heterocycles. The Kier molecular flexibility index (Phi) is 4.81. The molecule has 0 saturated carbocycles. The Morgan fingerprint density at radius 2 is 1.83 bits per heavy atom. The summed E-state index contributed by atoms with van der Waals surface area (Å²) in [6, 6.07) is 12.4. The van der Waals surface area contributed by atoms with Gasteiger partial charge in [0, 0.05) is 17.3 Å². The molecule has 0 spiro atoms. The van der Waals surface area contributed by atoms with Gasteiger partial charge in [-0.1, -0.05) is 24.3 Å². The predicted molar refractivity (Wildman–Crippen MR) is 107 cm³/mol. The minimum Gasteiger partial charge on any atom is -0.457 e. The lowest BCUT2D eigenvalue weighted by atomic mass is 10.1. The normalized spacial score (nSPS) is 15.4. The molecule has 148 valence electrons. The van der Waals surface area contributed by atoms with E-state index in [1.54, 1.807) is 42.5 Å². The molecule has 1 saturated heterocycles. The van der Waals surface area contributed by atoms with Gasteiger partial charge in [-0.05, 0) is 37.3 Å². The fourth-order valence-electron chi connectivity index (χ4n) is 2.97. The topological polar surface area (TPSA) is 110 Å². The Hall–Kier alpha value is -4.33. The molecule has 30 heavy (non-hydrogen) atoms. The number of amides is 4. The molecule has 3 aromatic rings. The van der Waals surface area contributed by atoms with Crippen LogP contribution in [0.3, 0.4) is 0 Å². The van der Waals surface area contributed by atoms with E-state index in [9.17, 15) is 19.2 Å². The van der Waals surface area contributed by atoms with Crippen LogP contribution in [0.4, 0.5) is 10.5 Å². The van der Waals surface area contributed by atoms with Crippen molar-refractivity contribution in [3.63, 3.8) is 0 Å². The quantitative estimate of drug-likeness (QED) is 0.408. The van der Waals surface area contributed by atoms with Gasteiger partial charge in [-0.25, -0.2) is 9.69 Å². The summed E-state index contributed by atoms with van der Waals surface area (Å²) in [6.07, 6.45) is 4.13. The first-order valence-electron chi connectivity index (χ1n) is 8.97. The van der Waals surface area contributed by atoms with Crippen molar-refractivity contribution < 1.29 is 23.6 Å². The van der Waals surface area contributed by atoms with Crippen molar-refractivity contribution in [2.45, 2.75) is 6.92 Å². The summed E-state index contributed by atoms with van der Waals surface area (Å²) in [5, 5.41) is 2.14. The van der Waals surface area contributed by atoms with E-state index in [4.69, 9.17) is 4.42 Å². The van der Waals surface area contributed by atoms with Crippen LogP contribution < -0.4 is 10.2 Å². The highest BCUT2D eigenvalue weighted by molar-refractivity contribution is 6.39. The SMILES string of the molecule is CC(=O)c1ccc(-c2ccc(/C=C3\C(=O)NC(=O)N(c4cccnc4)C3=O)o2)cc1. The molecule has 8 heteroatoms. The standard InChI is InChI=1S/C22H15N3O5/c1-13(26)14-4-6-15(7-5-14)19-9-8-17(30-19)11-18-20(27)24-22(29)25(21(18)28)16-3-2-10-23-12-16/h2-12H,1H3,(H,24,27,29)/b18-11+. The average Bonchev–Trinajstić information content (AvgIpc) is 3.20. The first kappa shape index (κ1) is 19.0. The van der Waals surface area contributed by atoms with Gasteiger partial charge in [0.1, 0.15) is 17.1 Å². The number of imide groups is 2. The number of Topliss-reactive ketones (excluding diaryl/α,β-unsaturated/α-hetero) is 1. The summed E-state index contributed by atoms with van der Waals surface area (Å²) in [5.74, 6) is -0.865. The number of barbiturate groups is 1. The minimum atomic E-state index is -0.846. The summed E-state index contributed by atoms with van der Waals surface area (Å²) < 4.78 is 5.73. The highest BCUT2D eigenvalue weighted by Gasteiger charge is 2.37. The Bertz CT molecular complexity index is 1190. The number of nitrogens with one attached hydrogen (secondary N) is 1. The van der Waals surface area contributed by atoms with Gasteiger partial charge in [-0.3, -0.25) is 24.7 Å². The van der Waals surface area contributed by atoms with E-state index in [1.165, 1.54) is 31.5 Å². The molecule has 2 aromatic heterocycles. The van der Waals surface area contributed by atoms with Crippen LogP contribution in [0.25, 0.3) is 17.4 Å². The van der Waals surface area contributed by atoms with Crippen LogP contribution in [-0.4, -0.2) is 28.6 Å². The first-order valence-corrected chi connectivity index (χ1v) is 8.97. The summed E-state index contributed by atoms with van der Waals surface area (Å²) in [6.45, 7) is 1.48. The highest BCUT2D eigenvalue weighted by Crippen LogP contribution is 2.26. The van der Waals surface area contributed by atoms with E-state index in [2.05, 4.69) is 10.3 Å². The number of anilines is 1. The molecule has 0 bridgehead atoms. The second kappa shape index (κ2) is 7.59. The number of rotatable bonds is 4. The van der Waals surface area contributed by atoms with Gasteiger partial charge in [-0.15, -0.1) is 0 Å². The summed E-state index contributed by atoms with van der Waals surface area (Å²) in [5.41, 5.74) is 1.31. The molecule has 1 aromatic carbocycles. The zero-order valence-corrected chi connectivity index (χ0v) is 15.8. The van der Waals surface area contributed by atoms with Gasteiger partial charge < -0.3 is 4.42 Å². The molecule has 0 radical (unpaired) electrons. The maximum Gasteiger partial charge on any atom is 0.336 e. The van der Waals surface area contributed by atoms with E-state index >= 15 is 0 Å². The van der Waals surface area contributed by atoms with Crippen molar-refractivity contribution in [1.29, 1.82) is 0 Å². The minimum absolute atomic E-state index is 0.0408. The van der Waals surface area contributed by atoms with Crippen LogP contribution in [0.15, 0.2) is 70.9 Å². The lowest BCUT2D eigenvalue weighted by Gasteiger charge is -2.25. The molecule has 8 nitrogen and oxygen atoms in total. The fraction of sp³-hybridized carbons (Fsp3) is 0.0455. The molecule has 0 aliphatic carbocycles. The lowest BCUT2D eigenvalue weighted by Crippen LogP contribution is -2.54.